The molecule has 8 nitrogen and oxygen atoms in total. The first-order valence-electron chi connectivity index (χ1n) is 10.2. The molecule has 31 heavy (non-hydrogen) atoms. The molecule has 0 aromatic heterocycles. The van der Waals surface area contributed by atoms with Crippen LogP contribution in [-0.2, 0) is 14.8 Å². The van der Waals surface area contributed by atoms with E-state index in [0.29, 0.717) is 36.9 Å². The number of benzene rings is 2. The van der Waals surface area contributed by atoms with Crippen molar-refractivity contribution in [2.75, 3.05) is 48.8 Å². The van der Waals surface area contributed by atoms with E-state index >= 15 is 0 Å². The number of amides is 1. The molecular formula is C22H29N3O5S. The van der Waals surface area contributed by atoms with Gasteiger partial charge >= 0.3 is 0 Å². The Bertz CT molecular complexity index is 997. The van der Waals surface area contributed by atoms with Gasteiger partial charge in [-0.1, -0.05) is 18.2 Å². The topological polar surface area (TPSA) is 88.2 Å². The number of hydrogen-bond donors (Lipinski definition) is 1. The quantitative estimate of drug-likeness (QED) is 0.594. The number of anilines is 2. The summed E-state index contributed by atoms with van der Waals surface area (Å²) in [6.07, 6.45) is 1.81. The van der Waals surface area contributed by atoms with Gasteiger partial charge in [0.25, 0.3) is 0 Å². The molecule has 1 atom stereocenters. The van der Waals surface area contributed by atoms with Gasteiger partial charge in [-0.05, 0) is 37.6 Å². The fourth-order valence-corrected chi connectivity index (χ4v) is 4.63. The van der Waals surface area contributed by atoms with Gasteiger partial charge < -0.3 is 19.7 Å². The second-order valence-electron chi connectivity index (χ2n) is 7.46. The Morgan fingerprint density at radius 1 is 1.06 bits per heavy atom. The van der Waals surface area contributed by atoms with Gasteiger partial charge in [-0.15, -0.1) is 0 Å². The van der Waals surface area contributed by atoms with Crippen LogP contribution in [-0.4, -0.2) is 60.0 Å². The number of sulfonamides is 1. The fourth-order valence-electron chi connectivity index (χ4n) is 3.47. The van der Waals surface area contributed by atoms with Crippen molar-refractivity contribution in [3.8, 4) is 11.5 Å². The first-order chi connectivity index (χ1) is 14.8. The monoisotopic (exact) mass is 447 g/mol. The molecule has 0 saturated carbocycles. The average molecular weight is 448 g/mol. The van der Waals surface area contributed by atoms with E-state index in [1.807, 2.05) is 37.4 Å². The molecule has 0 spiro atoms. The summed E-state index contributed by atoms with van der Waals surface area (Å²) in [7, 11) is -1.71. The average Bonchev–Trinajstić information content (AvgIpc) is 2.76. The molecular weight excluding hydrogens is 418 g/mol. The van der Waals surface area contributed by atoms with Gasteiger partial charge in [0.05, 0.1) is 11.9 Å². The number of nitrogens with one attached hydrogen (secondary N) is 1. The molecule has 2 aromatic carbocycles. The van der Waals surface area contributed by atoms with Crippen molar-refractivity contribution in [1.82, 2.24) is 5.32 Å². The summed E-state index contributed by atoms with van der Waals surface area (Å²) in [4.78, 5) is 14.8. The van der Waals surface area contributed by atoms with Crippen LogP contribution in [0.2, 0.25) is 0 Å². The molecule has 0 bridgehead atoms. The summed E-state index contributed by atoms with van der Waals surface area (Å²) in [6.45, 7) is 3.61. The number of hydrogen-bond acceptors (Lipinski definition) is 6. The number of ether oxygens (including phenoxy) is 2. The number of nitrogens with zero attached hydrogens (tertiary/aromatic N) is 2. The summed E-state index contributed by atoms with van der Waals surface area (Å²) in [6, 6.07) is 13.9. The van der Waals surface area contributed by atoms with Crippen molar-refractivity contribution >= 4 is 27.3 Å². The van der Waals surface area contributed by atoms with Crippen molar-refractivity contribution in [3.05, 3.63) is 48.5 Å². The second-order valence-corrected chi connectivity index (χ2v) is 9.32. The van der Waals surface area contributed by atoms with Crippen LogP contribution in [0.5, 0.6) is 11.5 Å². The third-order valence-electron chi connectivity index (χ3n) is 5.04. The normalized spacial score (nSPS) is 13.9. The van der Waals surface area contributed by atoms with E-state index < -0.39 is 16.1 Å². The molecule has 9 heteroatoms. The van der Waals surface area contributed by atoms with Crippen molar-refractivity contribution < 1.29 is 22.7 Å². The predicted octanol–water partition coefficient (Wildman–Crippen LogP) is 2.25. The largest absolute Gasteiger partial charge is 0.486 e. The zero-order valence-electron chi connectivity index (χ0n) is 18.1. The van der Waals surface area contributed by atoms with Gasteiger partial charge in [0.1, 0.15) is 19.3 Å². The Kier molecular flexibility index (Phi) is 7.27. The molecule has 168 valence electrons. The van der Waals surface area contributed by atoms with Crippen molar-refractivity contribution in [2.45, 2.75) is 19.4 Å². The van der Waals surface area contributed by atoms with E-state index in [-0.39, 0.29) is 5.91 Å². The number of fused-ring (bicyclic) bond motifs is 1. The number of rotatable bonds is 9. The highest BCUT2D eigenvalue weighted by Gasteiger charge is 2.30. The highest BCUT2D eigenvalue weighted by atomic mass is 32.2. The molecule has 2 aromatic rings. The third-order valence-corrected chi connectivity index (χ3v) is 6.28. The summed E-state index contributed by atoms with van der Waals surface area (Å²) in [5, 5.41) is 2.85. The van der Waals surface area contributed by atoms with E-state index in [9.17, 15) is 13.2 Å². The Balaban J connectivity index is 1.61. The van der Waals surface area contributed by atoms with E-state index in [1.165, 1.54) is 0 Å². The molecule has 1 aliphatic rings. The summed E-state index contributed by atoms with van der Waals surface area (Å²) in [5.41, 5.74) is 1.46. The van der Waals surface area contributed by atoms with Crippen LogP contribution >= 0.6 is 0 Å². The third kappa shape index (κ3) is 5.81. The number of para-hydroxylation sites is 1. The molecule has 3 rings (SSSR count). The molecule has 1 N–H and O–H groups in total. The summed E-state index contributed by atoms with van der Waals surface area (Å²) >= 11 is 0. The van der Waals surface area contributed by atoms with Crippen LogP contribution in [0.4, 0.5) is 11.4 Å². The van der Waals surface area contributed by atoms with Crippen LogP contribution in [0, 0.1) is 0 Å². The van der Waals surface area contributed by atoms with Crippen molar-refractivity contribution in [1.29, 1.82) is 0 Å². The molecule has 1 amide bonds. The van der Waals surface area contributed by atoms with Crippen LogP contribution < -0.4 is 24.0 Å². The lowest BCUT2D eigenvalue weighted by Gasteiger charge is -2.29. The Morgan fingerprint density at radius 3 is 2.42 bits per heavy atom. The molecule has 0 aliphatic carbocycles. The number of carbonyl (C=O) groups is 1. The molecule has 0 fully saturated rings. The Labute approximate surface area is 183 Å². The van der Waals surface area contributed by atoms with E-state index in [4.69, 9.17) is 9.47 Å². The molecule has 1 aliphatic heterocycles. The fraction of sp³-hybridized carbons (Fsp3) is 0.409. The van der Waals surface area contributed by atoms with Crippen molar-refractivity contribution in [2.24, 2.45) is 0 Å². The van der Waals surface area contributed by atoms with Gasteiger partial charge in [0.15, 0.2) is 11.5 Å². The molecule has 0 radical (unpaired) electrons. The lowest BCUT2D eigenvalue weighted by atomic mass is 10.2. The van der Waals surface area contributed by atoms with E-state index in [0.717, 1.165) is 29.2 Å². The van der Waals surface area contributed by atoms with E-state index in [2.05, 4.69) is 10.2 Å². The van der Waals surface area contributed by atoms with Crippen LogP contribution in [0.3, 0.4) is 0 Å². The van der Waals surface area contributed by atoms with Crippen LogP contribution in [0.15, 0.2) is 48.5 Å². The summed E-state index contributed by atoms with van der Waals surface area (Å²) in [5.74, 6) is 0.666. The zero-order chi connectivity index (χ0) is 22.4. The molecule has 0 saturated heterocycles. The molecule has 1 heterocycles. The highest BCUT2D eigenvalue weighted by Crippen LogP contribution is 2.35. The highest BCUT2D eigenvalue weighted by molar-refractivity contribution is 7.92. The minimum absolute atomic E-state index is 0.359. The predicted molar refractivity (Wildman–Crippen MR) is 122 cm³/mol. The van der Waals surface area contributed by atoms with Crippen LogP contribution in [0.25, 0.3) is 0 Å². The maximum Gasteiger partial charge on any atom is 0.243 e. The van der Waals surface area contributed by atoms with Gasteiger partial charge in [0, 0.05) is 31.9 Å². The Morgan fingerprint density at radius 2 is 1.74 bits per heavy atom. The maximum absolute atomic E-state index is 12.7. The first-order valence-corrected chi connectivity index (χ1v) is 12.0. The standard InChI is InChI=1S/C22H29N3O5S/c1-17(22(26)23-12-7-13-24(2)18-8-5-4-6-9-18)25(31(3,27)28)19-10-11-20-21(16-19)30-15-14-29-20/h4-6,8-11,16-17H,7,12-15H2,1-3H3,(H,23,26). The summed E-state index contributed by atoms with van der Waals surface area (Å²) < 4.78 is 37.1. The SMILES string of the molecule is CC(C(=O)NCCCN(C)c1ccccc1)N(c1ccc2c(c1)OCCO2)S(C)(=O)=O. The number of carbonyl (C=O) groups excluding carboxylic acids is 1. The lowest BCUT2D eigenvalue weighted by molar-refractivity contribution is -0.121. The van der Waals surface area contributed by atoms with Gasteiger partial charge in [-0.3, -0.25) is 9.10 Å². The smallest absolute Gasteiger partial charge is 0.243 e. The minimum Gasteiger partial charge on any atom is -0.486 e. The zero-order valence-corrected chi connectivity index (χ0v) is 18.9. The Hall–Kier alpha value is -2.94. The molecule has 1 unspecified atom stereocenters. The van der Waals surface area contributed by atoms with Crippen molar-refractivity contribution in [3.63, 3.8) is 0 Å². The van der Waals surface area contributed by atoms with Crippen LogP contribution in [0.1, 0.15) is 13.3 Å². The van der Waals surface area contributed by atoms with E-state index in [1.54, 1.807) is 25.1 Å². The minimum atomic E-state index is -3.70. The maximum atomic E-state index is 12.7. The van der Waals surface area contributed by atoms with Gasteiger partial charge in [0.2, 0.25) is 15.9 Å². The first kappa shape index (κ1) is 22.7. The van der Waals surface area contributed by atoms with Gasteiger partial charge in [-0.2, -0.15) is 0 Å². The lowest BCUT2D eigenvalue weighted by Crippen LogP contribution is -2.48. The van der Waals surface area contributed by atoms with Gasteiger partial charge in [-0.25, -0.2) is 8.42 Å². The second kappa shape index (κ2) is 9.91.